The van der Waals surface area contributed by atoms with Crippen LogP contribution in [0, 0.1) is 0 Å². The molecule has 0 radical (unpaired) electrons. The summed E-state index contributed by atoms with van der Waals surface area (Å²) in [5.41, 5.74) is 0.747. The zero-order chi connectivity index (χ0) is 14.4. The van der Waals surface area contributed by atoms with Crippen LogP contribution in [0.15, 0.2) is 27.1 Å². The molecule has 1 aromatic rings. The van der Waals surface area contributed by atoms with Crippen LogP contribution in [0.3, 0.4) is 0 Å². The highest BCUT2D eigenvalue weighted by atomic mass is 79.9. The lowest BCUT2D eigenvalue weighted by molar-refractivity contribution is -0.143. The molecule has 4 nitrogen and oxygen atoms in total. The predicted molar refractivity (Wildman–Crippen MR) is 83.5 cm³/mol. The summed E-state index contributed by atoms with van der Waals surface area (Å²) in [4.78, 5) is 28.5. The van der Waals surface area contributed by atoms with Crippen LogP contribution in [-0.2, 0) is 9.59 Å². The van der Waals surface area contributed by atoms with Crippen molar-refractivity contribution in [2.24, 2.45) is 0 Å². The number of anilines is 1. The van der Waals surface area contributed by atoms with Crippen LogP contribution in [0.2, 0.25) is 0 Å². The third-order valence-electron chi connectivity index (χ3n) is 3.97. The minimum absolute atomic E-state index is 0.0217. The molecule has 2 atom stereocenters. The Morgan fingerprint density at radius 2 is 1.95 bits per heavy atom. The third-order valence-corrected chi connectivity index (χ3v) is 5.13. The van der Waals surface area contributed by atoms with E-state index in [1.54, 1.807) is 16.7 Å². The van der Waals surface area contributed by atoms with Gasteiger partial charge in [-0.1, -0.05) is 15.9 Å². The first-order chi connectivity index (χ1) is 9.50. The molecule has 3 rings (SSSR count). The molecule has 1 aromatic carbocycles. The number of carbonyl (C=O) groups is 2. The normalized spacial score (nSPS) is 26.1. The minimum Gasteiger partial charge on any atom is -0.329 e. The van der Waals surface area contributed by atoms with Crippen molar-refractivity contribution in [3.05, 3.63) is 27.1 Å². The molecule has 2 aliphatic rings. The number of nitrogens with zero attached hydrogens (tertiary/aromatic N) is 2. The molecule has 2 saturated heterocycles. The molecule has 2 amide bonds. The number of carbonyl (C=O) groups excluding carboxylic acids is 2. The number of halogens is 2. The maximum absolute atomic E-state index is 12.7. The second-order valence-electron chi connectivity index (χ2n) is 5.17. The Labute approximate surface area is 134 Å². The van der Waals surface area contributed by atoms with Gasteiger partial charge in [-0.2, -0.15) is 0 Å². The summed E-state index contributed by atoms with van der Waals surface area (Å²) in [6.45, 7) is 2.50. The summed E-state index contributed by atoms with van der Waals surface area (Å²) >= 11 is 6.89. The molecule has 0 N–H and O–H groups in total. The zero-order valence-electron chi connectivity index (χ0n) is 11.0. The van der Waals surface area contributed by atoms with Crippen LogP contribution in [0.4, 0.5) is 5.69 Å². The Hall–Kier alpha value is -0.880. The Balaban J connectivity index is 2.05. The van der Waals surface area contributed by atoms with Crippen molar-refractivity contribution < 1.29 is 9.59 Å². The number of amides is 2. The first-order valence-electron chi connectivity index (χ1n) is 6.59. The van der Waals surface area contributed by atoms with Gasteiger partial charge in [0.05, 0.1) is 5.69 Å². The summed E-state index contributed by atoms with van der Waals surface area (Å²) in [5, 5.41) is 0. The molecule has 0 bridgehead atoms. The molecule has 2 unspecified atom stereocenters. The lowest BCUT2D eigenvalue weighted by Crippen LogP contribution is -2.62. The van der Waals surface area contributed by atoms with E-state index in [1.165, 1.54) is 0 Å². The zero-order valence-corrected chi connectivity index (χ0v) is 14.1. The highest BCUT2D eigenvalue weighted by molar-refractivity contribution is 9.11. The summed E-state index contributed by atoms with van der Waals surface area (Å²) in [6, 6.07) is 4.91. The topological polar surface area (TPSA) is 40.6 Å². The van der Waals surface area contributed by atoms with E-state index >= 15 is 0 Å². The van der Waals surface area contributed by atoms with Crippen molar-refractivity contribution in [3.63, 3.8) is 0 Å². The van der Waals surface area contributed by atoms with E-state index in [2.05, 4.69) is 31.9 Å². The third kappa shape index (κ3) is 2.09. The molecule has 0 saturated carbocycles. The minimum atomic E-state index is -0.456. The van der Waals surface area contributed by atoms with Gasteiger partial charge >= 0.3 is 0 Å². The van der Waals surface area contributed by atoms with Crippen molar-refractivity contribution in [1.82, 2.24) is 4.90 Å². The van der Waals surface area contributed by atoms with E-state index in [1.807, 2.05) is 18.2 Å². The highest BCUT2D eigenvalue weighted by Gasteiger charge is 2.46. The van der Waals surface area contributed by atoms with E-state index in [0.717, 1.165) is 27.5 Å². The number of benzene rings is 1. The van der Waals surface area contributed by atoms with Crippen LogP contribution in [-0.4, -0.2) is 35.3 Å². The molecule has 2 heterocycles. The van der Waals surface area contributed by atoms with Gasteiger partial charge in [0.25, 0.3) is 5.91 Å². The van der Waals surface area contributed by atoms with Crippen LogP contribution < -0.4 is 4.90 Å². The van der Waals surface area contributed by atoms with Crippen molar-refractivity contribution in [1.29, 1.82) is 0 Å². The summed E-state index contributed by atoms with van der Waals surface area (Å²) in [7, 11) is 0. The van der Waals surface area contributed by atoms with Crippen LogP contribution in [0.25, 0.3) is 0 Å². The Morgan fingerprint density at radius 3 is 2.70 bits per heavy atom. The van der Waals surface area contributed by atoms with E-state index in [-0.39, 0.29) is 17.9 Å². The second-order valence-corrected chi connectivity index (χ2v) is 6.94. The van der Waals surface area contributed by atoms with Crippen molar-refractivity contribution in [2.45, 2.75) is 31.8 Å². The van der Waals surface area contributed by atoms with E-state index in [0.29, 0.717) is 6.54 Å². The molecule has 20 heavy (non-hydrogen) atoms. The fraction of sp³-hybridized carbons (Fsp3) is 0.429. The summed E-state index contributed by atoms with van der Waals surface area (Å²) in [6.07, 6.45) is 1.67. The van der Waals surface area contributed by atoms with E-state index in [4.69, 9.17) is 0 Å². The first-order valence-corrected chi connectivity index (χ1v) is 8.18. The summed E-state index contributed by atoms with van der Waals surface area (Å²) < 4.78 is 1.71. The van der Waals surface area contributed by atoms with Crippen molar-refractivity contribution in [3.8, 4) is 0 Å². The second kappa shape index (κ2) is 5.15. The molecular formula is C14H14Br2N2O2. The monoisotopic (exact) mass is 400 g/mol. The van der Waals surface area contributed by atoms with Gasteiger partial charge in [0.1, 0.15) is 12.1 Å². The fourth-order valence-electron chi connectivity index (χ4n) is 2.99. The van der Waals surface area contributed by atoms with Gasteiger partial charge in [-0.15, -0.1) is 0 Å². The van der Waals surface area contributed by atoms with Gasteiger partial charge < -0.3 is 4.90 Å². The van der Waals surface area contributed by atoms with Crippen LogP contribution >= 0.6 is 31.9 Å². The van der Waals surface area contributed by atoms with Gasteiger partial charge in [-0.25, -0.2) is 0 Å². The van der Waals surface area contributed by atoms with Crippen molar-refractivity contribution >= 4 is 49.4 Å². The lowest BCUT2D eigenvalue weighted by atomic mass is 10.1. The summed E-state index contributed by atoms with van der Waals surface area (Å²) in [5.74, 6) is 0.0624. The van der Waals surface area contributed by atoms with Crippen LogP contribution in [0.1, 0.15) is 19.8 Å². The van der Waals surface area contributed by atoms with Gasteiger partial charge in [0.15, 0.2) is 0 Å². The molecule has 2 aliphatic heterocycles. The van der Waals surface area contributed by atoms with Gasteiger partial charge in [-0.05, 0) is 53.9 Å². The molecule has 6 heteroatoms. The van der Waals surface area contributed by atoms with Gasteiger partial charge in [-0.3, -0.25) is 14.5 Å². The standard InChI is InChI=1S/C14H14Br2N2O2/c1-8-13(19)17-6-2-3-11(17)14(20)18(8)12-7-9(15)4-5-10(12)16/h4-5,7-8,11H,2-3,6H2,1H3. The average molecular weight is 402 g/mol. The molecule has 2 fully saturated rings. The molecule has 106 valence electrons. The Morgan fingerprint density at radius 1 is 1.20 bits per heavy atom. The molecule has 0 aliphatic carbocycles. The first kappa shape index (κ1) is 14.1. The smallest absolute Gasteiger partial charge is 0.250 e. The van der Waals surface area contributed by atoms with Crippen LogP contribution in [0.5, 0.6) is 0 Å². The number of rotatable bonds is 1. The van der Waals surface area contributed by atoms with Gasteiger partial charge in [0, 0.05) is 15.5 Å². The quantitative estimate of drug-likeness (QED) is 0.725. The maximum Gasteiger partial charge on any atom is 0.250 e. The van der Waals surface area contributed by atoms with E-state index in [9.17, 15) is 9.59 Å². The predicted octanol–water partition coefficient (Wildman–Crippen LogP) is 2.94. The Bertz CT molecular complexity index is 591. The largest absolute Gasteiger partial charge is 0.329 e. The fourth-order valence-corrected chi connectivity index (χ4v) is 3.77. The maximum atomic E-state index is 12.7. The SMILES string of the molecule is CC1C(=O)N2CCCC2C(=O)N1c1cc(Br)ccc1Br. The Kier molecular flexibility index (Phi) is 3.62. The van der Waals surface area contributed by atoms with Gasteiger partial charge in [0.2, 0.25) is 5.91 Å². The van der Waals surface area contributed by atoms with Crippen molar-refractivity contribution in [2.75, 3.05) is 11.4 Å². The molecular weight excluding hydrogens is 388 g/mol. The number of hydrogen-bond acceptors (Lipinski definition) is 2. The number of hydrogen-bond donors (Lipinski definition) is 0. The highest BCUT2D eigenvalue weighted by Crippen LogP contribution is 2.36. The lowest BCUT2D eigenvalue weighted by Gasteiger charge is -2.41. The number of fused-ring (bicyclic) bond motifs is 1. The average Bonchev–Trinajstić information content (AvgIpc) is 2.90. The molecule has 0 aromatic heterocycles. The van der Waals surface area contributed by atoms with E-state index < -0.39 is 6.04 Å². The molecule has 0 spiro atoms. The number of piperazine rings is 1.